The van der Waals surface area contributed by atoms with E-state index in [2.05, 4.69) is 5.87 Å². The second-order valence-electron chi connectivity index (χ2n) is 3.35. The smallest absolute Gasteiger partial charge is 0.328 e. The lowest BCUT2D eigenvalue weighted by atomic mass is 10.3. The molecule has 0 aromatic heterocycles. The zero-order valence-corrected chi connectivity index (χ0v) is 9.57. The molecule has 0 bridgehead atoms. The van der Waals surface area contributed by atoms with Gasteiger partial charge in [-0.15, -0.1) is 0 Å². The Morgan fingerprint density at radius 3 is 2.50 bits per heavy atom. The summed E-state index contributed by atoms with van der Waals surface area (Å²) in [7, 11) is 7.37. The zero-order valence-electron chi connectivity index (χ0n) is 9.57. The second-order valence-corrected chi connectivity index (χ2v) is 3.35. The van der Waals surface area contributed by atoms with Crippen LogP contribution < -0.4 is 0 Å². The minimum Gasteiger partial charge on any atom is -0.465 e. The molecule has 0 amide bonds. The maximum atomic E-state index is 11.4. The molecule has 0 heterocycles. The van der Waals surface area contributed by atoms with Gasteiger partial charge in [-0.2, -0.15) is 4.58 Å². The molecule has 0 aromatic carbocycles. The van der Waals surface area contributed by atoms with Gasteiger partial charge in [0.15, 0.2) is 5.87 Å². The summed E-state index contributed by atoms with van der Waals surface area (Å²) in [5, 5.41) is 0. The van der Waals surface area contributed by atoms with E-state index in [1.165, 1.54) is 0 Å². The molecule has 0 spiro atoms. The monoisotopic (exact) mass is 199 g/mol. The van der Waals surface area contributed by atoms with E-state index in [0.717, 1.165) is 0 Å². The lowest BCUT2D eigenvalue weighted by molar-refractivity contribution is -0.456. The van der Waals surface area contributed by atoms with Gasteiger partial charge in [0, 0.05) is 0 Å². The number of likely N-dealkylation sites (N-methyl/N-ethyl adjacent to an activating group) is 1. The lowest BCUT2D eigenvalue weighted by Gasteiger charge is -2.17. The molecule has 4 heteroatoms. The Morgan fingerprint density at radius 2 is 2.14 bits per heavy atom. The van der Waals surface area contributed by atoms with Gasteiger partial charge in [0.05, 0.1) is 12.7 Å². The minimum absolute atomic E-state index is 0.244. The van der Waals surface area contributed by atoms with Crippen molar-refractivity contribution in [3.63, 3.8) is 0 Å². The first-order valence-corrected chi connectivity index (χ1v) is 4.59. The maximum Gasteiger partial charge on any atom is 0.328 e. The van der Waals surface area contributed by atoms with Crippen LogP contribution in [0, 0.1) is 0 Å². The largest absolute Gasteiger partial charge is 0.465 e. The van der Waals surface area contributed by atoms with Crippen molar-refractivity contribution in [2.75, 3.05) is 34.8 Å². The normalized spacial score (nSPS) is 11.9. The van der Waals surface area contributed by atoms with Crippen molar-refractivity contribution >= 4 is 11.8 Å². The molecule has 0 rings (SSSR count). The van der Waals surface area contributed by atoms with E-state index in [4.69, 9.17) is 4.74 Å². The third kappa shape index (κ3) is 4.80. The van der Waals surface area contributed by atoms with Crippen molar-refractivity contribution in [1.29, 1.82) is 0 Å². The van der Waals surface area contributed by atoms with E-state index in [9.17, 15) is 4.79 Å². The number of hydrogen-bond donors (Lipinski definition) is 0. The molecule has 0 aromatic rings. The maximum absolute atomic E-state index is 11.4. The van der Waals surface area contributed by atoms with Crippen molar-refractivity contribution in [2.24, 2.45) is 0 Å². The fourth-order valence-corrected chi connectivity index (χ4v) is 0.875. The fraction of sp³-hybridized carbons (Fsp3) is 0.700. The number of esters is 1. The highest BCUT2D eigenvalue weighted by Crippen LogP contribution is 1.97. The van der Waals surface area contributed by atoms with Gasteiger partial charge in [-0.3, -0.25) is 4.90 Å². The minimum atomic E-state index is -0.364. The number of carbonyl (C=O) groups excluding carboxylic acids is 1. The fourth-order valence-electron chi connectivity index (χ4n) is 0.875. The van der Waals surface area contributed by atoms with E-state index in [1.54, 1.807) is 22.5 Å². The van der Waals surface area contributed by atoms with E-state index >= 15 is 0 Å². The predicted molar refractivity (Wildman–Crippen MR) is 55.8 cm³/mol. The number of carbonyl (C=O) groups is 1. The number of hydrogen-bond acceptors (Lipinski definition) is 3. The Kier molecular flexibility index (Phi) is 5.84. The second kappa shape index (κ2) is 6.35. The molecule has 0 saturated heterocycles. The van der Waals surface area contributed by atoms with Crippen molar-refractivity contribution in [3.05, 3.63) is 6.08 Å². The highest BCUT2D eigenvalue weighted by atomic mass is 16.5. The molecule has 0 radical (unpaired) electrons. The average Bonchev–Trinajstić information content (AvgIpc) is 2.03. The molecule has 0 N–H and O–H groups in total. The van der Waals surface area contributed by atoms with Crippen LogP contribution >= 0.6 is 0 Å². The summed E-state index contributed by atoms with van der Waals surface area (Å²) in [6, 6.07) is -0.364. The summed E-state index contributed by atoms with van der Waals surface area (Å²) in [4.78, 5) is 13.2. The number of rotatable bonds is 4. The Balaban J connectivity index is 4.61. The molecule has 80 valence electrons. The highest BCUT2D eigenvalue weighted by Gasteiger charge is 2.19. The van der Waals surface area contributed by atoms with Gasteiger partial charge >= 0.3 is 5.97 Å². The summed E-state index contributed by atoms with van der Waals surface area (Å²) < 4.78 is 6.69. The molecule has 0 fully saturated rings. The highest BCUT2D eigenvalue weighted by molar-refractivity contribution is 5.80. The third-order valence-corrected chi connectivity index (χ3v) is 1.58. The Bertz CT molecular complexity index is 249. The third-order valence-electron chi connectivity index (χ3n) is 1.58. The number of nitrogens with zero attached hydrogens (tertiary/aromatic N) is 2. The first-order chi connectivity index (χ1) is 6.49. The van der Waals surface area contributed by atoms with Crippen LogP contribution in [0.15, 0.2) is 6.08 Å². The average molecular weight is 199 g/mol. The molecule has 0 aliphatic heterocycles. The van der Waals surface area contributed by atoms with E-state index in [0.29, 0.717) is 6.61 Å². The molecule has 1 unspecified atom stereocenters. The Labute approximate surface area is 85.5 Å². The van der Waals surface area contributed by atoms with Gasteiger partial charge in [0.1, 0.15) is 20.1 Å². The topological polar surface area (TPSA) is 32.6 Å². The van der Waals surface area contributed by atoms with Crippen LogP contribution in [0.2, 0.25) is 0 Å². The Hall–Kier alpha value is -1.12. The molecular weight excluding hydrogens is 180 g/mol. The van der Waals surface area contributed by atoms with Crippen LogP contribution in [0.4, 0.5) is 0 Å². The van der Waals surface area contributed by atoms with Gasteiger partial charge < -0.3 is 4.74 Å². The van der Waals surface area contributed by atoms with Crippen LogP contribution in [-0.4, -0.2) is 62.2 Å². The molecule has 1 atom stereocenters. The molecule has 0 aliphatic rings. The van der Waals surface area contributed by atoms with E-state index in [1.807, 2.05) is 28.2 Å². The molecule has 4 nitrogen and oxygen atoms in total. The Morgan fingerprint density at radius 1 is 1.57 bits per heavy atom. The predicted octanol–water partition coefficient (Wildman–Crippen LogP) is -0.0223. The summed E-state index contributed by atoms with van der Waals surface area (Å²) in [5.41, 5.74) is 0. The van der Waals surface area contributed by atoms with E-state index < -0.39 is 0 Å². The zero-order chi connectivity index (χ0) is 11.1. The summed E-state index contributed by atoms with van der Waals surface area (Å²) in [6.07, 6.45) is 1.69. The van der Waals surface area contributed by atoms with Gasteiger partial charge in [-0.05, 0) is 21.0 Å². The summed E-state index contributed by atoms with van der Waals surface area (Å²) in [6.45, 7) is 2.20. The van der Waals surface area contributed by atoms with Crippen LogP contribution in [0.5, 0.6) is 0 Å². The summed E-state index contributed by atoms with van der Waals surface area (Å²) >= 11 is 0. The summed E-state index contributed by atoms with van der Waals surface area (Å²) in [5.74, 6) is 2.69. The first-order valence-electron chi connectivity index (χ1n) is 4.59. The van der Waals surface area contributed by atoms with Gasteiger partial charge in [-0.1, -0.05) is 0 Å². The lowest BCUT2D eigenvalue weighted by Crippen LogP contribution is -2.35. The van der Waals surface area contributed by atoms with Crippen LogP contribution in [0.3, 0.4) is 0 Å². The quantitative estimate of drug-likeness (QED) is 0.362. The standard InChI is InChI=1S/C10H19N2O2/c1-6-14-10(13)9(12(4)5)7-8-11(2)3/h7,9H,6H2,1-5H3/q+1. The van der Waals surface area contributed by atoms with E-state index in [-0.39, 0.29) is 12.0 Å². The molecule has 0 saturated carbocycles. The van der Waals surface area contributed by atoms with Crippen LogP contribution in [0.25, 0.3) is 0 Å². The first kappa shape index (κ1) is 12.9. The van der Waals surface area contributed by atoms with Crippen LogP contribution in [0.1, 0.15) is 6.92 Å². The van der Waals surface area contributed by atoms with Gasteiger partial charge in [-0.25, -0.2) is 4.79 Å². The van der Waals surface area contributed by atoms with Crippen molar-refractivity contribution in [1.82, 2.24) is 4.90 Å². The van der Waals surface area contributed by atoms with Gasteiger partial charge in [0.2, 0.25) is 0 Å². The molecule has 0 aliphatic carbocycles. The number of ether oxygens (including phenoxy) is 1. The van der Waals surface area contributed by atoms with Crippen molar-refractivity contribution in [3.8, 4) is 0 Å². The van der Waals surface area contributed by atoms with Crippen molar-refractivity contribution < 1.29 is 14.1 Å². The van der Waals surface area contributed by atoms with Gasteiger partial charge in [0.25, 0.3) is 0 Å². The molecule has 14 heavy (non-hydrogen) atoms. The van der Waals surface area contributed by atoms with Crippen LogP contribution in [-0.2, 0) is 9.53 Å². The van der Waals surface area contributed by atoms with Crippen molar-refractivity contribution in [2.45, 2.75) is 13.0 Å². The molecular formula is C10H19N2O2+. The SMILES string of the molecule is CCOC(=O)C(C=C=[N+](C)C)N(C)C.